The minimum absolute atomic E-state index is 0.0556. The fourth-order valence-electron chi connectivity index (χ4n) is 1.97. The predicted molar refractivity (Wildman–Crippen MR) is 67.0 cm³/mol. The SMILES string of the molecule is CC(C)(C)CC(=O)Nc1nnc(C2CCCN2)o1. The van der Waals surface area contributed by atoms with E-state index in [9.17, 15) is 4.79 Å². The third kappa shape index (κ3) is 3.53. The van der Waals surface area contributed by atoms with E-state index in [1.807, 2.05) is 20.8 Å². The van der Waals surface area contributed by atoms with Gasteiger partial charge in [0.15, 0.2) is 0 Å². The molecule has 1 saturated heterocycles. The van der Waals surface area contributed by atoms with Gasteiger partial charge in [0.25, 0.3) is 0 Å². The van der Waals surface area contributed by atoms with Gasteiger partial charge in [0, 0.05) is 6.42 Å². The summed E-state index contributed by atoms with van der Waals surface area (Å²) >= 11 is 0. The number of hydrogen-bond donors (Lipinski definition) is 2. The molecule has 1 unspecified atom stereocenters. The zero-order chi connectivity index (χ0) is 13.2. The maximum Gasteiger partial charge on any atom is 0.322 e. The lowest BCUT2D eigenvalue weighted by Crippen LogP contribution is -2.19. The van der Waals surface area contributed by atoms with Crippen LogP contribution >= 0.6 is 0 Å². The number of aromatic nitrogens is 2. The quantitative estimate of drug-likeness (QED) is 0.858. The Bertz CT molecular complexity index is 416. The molecule has 1 aliphatic heterocycles. The van der Waals surface area contributed by atoms with E-state index in [0.717, 1.165) is 19.4 Å². The van der Waals surface area contributed by atoms with Gasteiger partial charge in [0.1, 0.15) is 0 Å². The van der Waals surface area contributed by atoms with Gasteiger partial charge in [-0.25, -0.2) is 0 Å². The van der Waals surface area contributed by atoms with Crippen molar-refractivity contribution in [3.63, 3.8) is 0 Å². The summed E-state index contributed by atoms with van der Waals surface area (Å²) in [6.07, 6.45) is 2.53. The number of anilines is 1. The van der Waals surface area contributed by atoms with Crippen molar-refractivity contribution < 1.29 is 9.21 Å². The van der Waals surface area contributed by atoms with Crippen molar-refractivity contribution in [2.75, 3.05) is 11.9 Å². The van der Waals surface area contributed by atoms with Crippen molar-refractivity contribution in [3.8, 4) is 0 Å². The van der Waals surface area contributed by atoms with Crippen LogP contribution in [0.15, 0.2) is 4.42 Å². The van der Waals surface area contributed by atoms with Crippen LogP contribution in [0.1, 0.15) is 52.0 Å². The van der Waals surface area contributed by atoms with Crippen LogP contribution in [-0.4, -0.2) is 22.6 Å². The molecule has 1 atom stereocenters. The van der Waals surface area contributed by atoms with E-state index in [0.29, 0.717) is 12.3 Å². The molecule has 18 heavy (non-hydrogen) atoms. The number of nitrogens with zero attached hydrogens (tertiary/aromatic N) is 2. The van der Waals surface area contributed by atoms with Crippen LogP contribution in [0.3, 0.4) is 0 Å². The van der Waals surface area contributed by atoms with E-state index in [4.69, 9.17) is 4.42 Å². The van der Waals surface area contributed by atoms with Gasteiger partial charge in [-0.3, -0.25) is 10.1 Å². The minimum atomic E-state index is -0.0999. The average molecular weight is 252 g/mol. The second kappa shape index (κ2) is 5.06. The summed E-state index contributed by atoms with van der Waals surface area (Å²) in [5.41, 5.74) is -0.0556. The largest absolute Gasteiger partial charge is 0.406 e. The third-order valence-corrected chi connectivity index (χ3v) is 2.74. The third-order valence-electron chi connectivity index (χ3n) is 2.74. The molecule has 1 amide bonds. The van der Waals surface area contributed by atoms with Gasteiger partial charge in [0.2, 0.25) is 11.8 Å². The number of rotatable bonds is 3. The van der Waals surface area contributed by atoms with Crippen LogP contribution in [0.25, 0.3) is 0 Å². The van der Waals surface area contributed by atoms with E-state index < -0.39 is 0 Å². The maximum absolute atomic E-state index is 11.7. The van der Waals surface area contributed by atoms with Gasteiger partial charge < -0.3 is 9.73 Å². The zero-order valence-corrected chi connectivity index (χ0v) is 11.1. The Morgan fingerprint density at radius 3 is 2.89 bits per heavy atom. The normalized spacial score (nSPS) is 20.1. The van der Waals surface area contributed by atoms with E-state index in [1.165, 1.54) is 0 Å². The van der Waals surface area contributed by atoms with E-state index >= 15 is 0 Å². The summed E-state index contributed by atoms with van der Waals surface area (Å²) < 4.78 is 5.44. The van der Waals surface area contributed by atoms with Crippen molar-refractivity contribution in [1.29, 1.82) is 0 Å². The first-order chi connectivity index (χ1) is 8.44. The molecule has 6 nitrogen and oxygen atoms in total. The molecule has 0 bridgehead atoms. The highest BCUT2D eigenvalue weighted by molar-refractivity contribution is 5.88. The minimum Gasteiger partial charge on any atom is -0.406 e. The van der Waals surface area contributed by atoms with Crippen molar-refractivity contribution >= 4 is 11.9 Å². The molecule has 6 heteroatoms. The van der Waals surface area contributed by atoms with Crippen LogP contribution in [0.4, 0.5) is 6.01 Å². The van der Waals surface area contributed by atoms with Gasteiger partial charge in [-0.15, -0.1) is 5.10 Å². The fraction of sp³-hybridized carbons (Fsp3) is 0.750. The second-order valence-electron chi connectivity index (χ2n) is 5.88. The molecule has 1 aliphatic rings. The molecular formula is C12H20N4O2. The molecule has 0 radical (unpaired) electrons. The molecule has 1 fully saturated rings. The Morgan fingerprint density at radius 1 is 1.50 bits per heavy atom. The highest BCUT2D eigenvalue weighted by atomic mass is 16.4. The summed E-state index contributed by atoms with van der Waals surface area (Å²) in [4.78, 5) is 11.7. The molecule has 0 aliphatic carbocycles. The molecule has 2 N–H and O–H groups in total. The Hall–Kier alpha value is -1.43. The lowest BCUT2D eigenvalue weighted by molar-refractivity contribution is -0.117. The van der Waals surface area contributed by atoms with Crippen molar-refractivity contribution in [1.82, 2.24) is 15.5 Å². The van der Waals surface area contributed by atoms with Crippen molar-refractivity contribution in [2.45, 2.75) is 46.1 Å². The lowest BCUT2D eigenvalue weighted by Gasteiger charge is -2.15. The topological polar surface area (TPSA) is 80.0 Å². The first-order valence-electron chi connectivity index (χ1n) is 6.31. The fourth-order valence-corrected chi connectivity index (χ4v) is 1.97. The molecule has 1 aromatic heterocycles. The van der Waals surface area contributed by atoms with Crippen LogP contribution in [-0.2, 0) is 4.79 Å². The Labute approximate surface area is 107 Å². The van der Waals surface area contributed by atoms with Crippen LogP contribution in [0.2, 0.25) is 0 Å². The number of carbonyl (C=O) groups excluding carboxylic acids is 1. The molecule has 2 rings (SSSR count). The van der Waals surface area contributed by atoms with Crippen molar-refractivity contribution in [2.24, 2.45) is 5.41 Å². The molecule has 0 aromatic carbocycles. The molecule has 0 spiro atoms. The summed E-state index contributed by atoms with van der Waals surface area (Å²) in [5.74, 6) is 0.454. The molecule has 0 saturated carbocycles. The van der Waals surface area contributed by atoms with Crippen LogP contribution in [0, 0.1) is 5.41 Å². The van der Waals surface area contributed by atoms with Gasteiger partial charge in [0.05, 0.1) is 6.04 Å². The maximum atomic E-state index is 11.7. The lowest BCUT2D eigenvalue weighted by atomic mass is 9.92. The van der Waals surface area contributed by atoms with E-state index in [-0.39, 0.29) is 23.4 Å². The standard InChI is InChI=1S/C12H20N4O2/c1-12(2,3)7-9(17)14-11-16-15-10(18-11)8-5-4-6-13-8/h8,13H,4-7H2,1-3H3,(H,14,16,17). The summed E-state index contributed by atoms with van der Waals surface area (Å²) in [5, 5.41) is 13.7. The molecule has 2 heterocycles. The van der Waals surface area contributed by atoms with Gasteiger partial charge in [-0.2, -0.15) is 0 Å². The molecular weight excluding hydrogens is 232 g/mol. The highest BCUT2D eigenvalue weighted by Gasteiger charge is 2.23. The average Bonchev–Trinajstić information content (AvgIpc) is 2.82. The summed E-state index contributed by atoms with van der Waals surface area (Å²) in [7, 11) is 0. The number of nitrogens with one attached hydrogen (secondary N) is 2. The molecule has 100 valence electrons. The molecule has 1 aromatic rings. The van der Waals surface area contributed by atoms with Crippen molar-refractivity contribution in [3.05, 3.63) is 5.89 Å². The monoisotopic (exact) mass is 252 g/mol. The zero-order valence-electron chi connectivity index (χ0n) is 11.1. The Morgan fingerprint density at radius 2 is 2.28 bits per heavy atom. The van der Waals surface area contributed by atoms with Gasteiger partial charge in [-0.1, -0.05) is 25.9 Å². The predicted octanol–water partition coefficient (Wildman–Crippen LogP) is 1.87. The number of amides is 1. The summed E-state index contributed by atoms with van der Waals surface area (Å²) in [6.45, 7) is 7.00. The Balaban J connectivity index is 1.92. The van der Waals surface area contributed by atoms with Crippen LogP contribution < -0.4 is 10.6 Å². The highest BCUT2D eigenvalue weighted by Crippen LogP contribution is 2.23. The van der Waals surface area contributed by atoms with E-state index in [2.05, 4.69) is 20.8 Å². The first kappa shape index (κ1) is 13.0. The Kier molecular flexibility index (Phi) is 3.65. The second-order valence-corrected chi connectivity index (χ2v) is 5.88. The smallest absolute Gasteiger partial charge is 0.322 e. The number of hydrogen-bond acceptors (Lipinski definition) is 5. The van der Waals surface area contributed by atoms with Gasteiger partial charge >= 0.3 is 6.01 Å². The summed E-state index contributed by atoms with van der Waals surface area (Å²) in [6, 6.07) is 0.318. The first-order valence-corrected chi connectivity index (χ1v) is 6.31. The number of carbonyl (C=O) groups is 1. The van der Waals surface area contributed by atoms with Crippen LogP contribution in [0.5, 0.6) is 0 Å². The van der Waals surface area contributed by atoms with E-state index in [1.54, 1.807) is 0 Å². The van der Waals surface area contributed by atoms with Gasteiger partial charge in [-0.05, 0) is 24.8 Å².